The molecule has 0 fully saturated rings. The van der Waals surface area contributed by atoms with Crippen molar-refractivity contribution >= 4 is 22.7 Å². The molecule has 9 rings (SSSR count). The van der Waals surface area contributed by atoms with E-state index in [1.807, 2.05) is 60.7 Å². The van der Waals surface area contributed by atoms with Crippen molar-refractivity contribution in [1.82, 2.24) is 4.48 Å². The van der Waals surface area contributed by atoms with Gasteiger partial charge in [0.2, 0.25) is 0 Å². The van der Waals surface area contributed by atoms with Gasteiger partial charge in [-0.1, -0.05) is 140 Å². The van der Waals surface area contributed by atoms with E-state index in [0.717, 1.165) is 44.8 Å². The molecule has 0 aliphatic carbocycles. The van der Waals surface area contributed by atoms with Crippen LogP contribution in [0.4, 0.5) is 22.7 Å². The molecule has 0 aromatic heterocycles. The first kappa shape index (κ1) is 41.7. The van der Waals surface area contributed by atoms with Crippen LogP contribution < -0.4 is 14.3 Å². The third-order valence-electron chi connectivity index (χ3n) is 11.4. The Kier molecular flexibility index (Phi) is 12.6. The van der Waals surface area contributed by atoms with E-state index in [-0.39, 0.29) is 34.8 Å². The van der Waals surface area contributed by atoms with Gasteiger partial charge in [0, 0.05) is 60.4 Å². The standard InChI is InChI=1S/C32H26O4.C25H22NO/c33-27-13-5-23(6-14-27)31(24-7-15-28(34)16-8-24)21-1-2-22(4-3-21)32(25-9-17-29(35)18-10-25)26-11-19-30(36)20-12-26;1-27-25-19-17-24(18-20-25)26(21-11-5-2-6-12-21,22-13-7-3-8-14-22)23-15-9-4-10-16-23/h1-20,31-36H;2-20H,1H3/q;+1/p-1. The Morgan fingerprint density at radius 1 is 0.333 bits per heavy atom. The molecule has 1 atom stereocenters. The molecule has 6 heteroatoms. The lowest BCUT2D eigenvalue weighted by Crippen LogP contribution is -2.33. The molecule has 3 N–H and O–H groups in total. The molecule has 0 saturated heterocycles. The van der Waals surface area contributed by atoms with Gasteiger partial charge in [0.05, 0.1) is 7.11 Å². The monoisotopic (exact) mass is 825 g/mol. The van der Waals surface area contributed by atoms with Crippen molar-refractivity contribution in [2.75, 3.05) is 7.11 Å². The van der Waals surface area contributed by atoms with Gasteiger partial charge in [-0.25, -0.2) is 0 Å². The topological polar surface area (TPSA) is 93.0 Å². The lowest BCUT2D eigenvalue weighted by Gasteiger charge is -2.37. The lowest BCUT2D eigenvalue weighted by atomic mass is 9.81. The molecule has 9 aromatic carbocycles. The summed E-state index contributed by atoms with van der Waals surface area (Å²) >= 11 is 0. The highest BCUT2D eigenvalue weighted by Crippen LogP contribution is 2.51. The Bertz CT molecular complexity index is 2500. The summed E-state index contributed by atoms with van der Waals surface area (Å²) in [5, 5.41) is 41.1. The molecule has 0 radical (unpaired) electrons. The molecule has 0 amide bonds. The summed E-state index contributed by atoms with van der Waals surface area (Å²) in [6.45, 7) is 0. The molecule has 0 aliphatic heterocycles. The Morgan fingerprint density at radius 3 is 0.873 bits per heavy atom. The number of ether oxygens (including phenoxy) is 1. The maximum atomic E-state index is 11.7. The Morgan fingerprint density at radius 2 is 0.587 bits per heavy atom. The Labute approximate surface area is 368 Å². The molecule has 0 aliphatic rings. The molecular weight excluding hydrogens is 779 g/mol. The first-order valence-electron chi connectivity index (χ1n) is 20.8. The number of para-hydroxylation sites is 3. The van der Waals surface area contributed by atoms with Crippen LogP contribution in [0.15, 0.2) is 237 Å². The van der Waals surface area contributed by atoms with Crippen molar-refractivity contribution in [3.8, 4) is 28.7 Å². The number of hydrogen-bond acceptors (Lipinski definition) is 5. The predicted molar refractivity (Wildman–Crippen MR) is 252 cm³/mol. The van der Waals surface area contributed by atoms with E-state index < -0.39 is 0 Å². The van der Waals surface area contributed by atoms with Gasteiger partial charge in [0.15, 0.2) is 0 Å². The number of methoxy groups -OCH3 is 1. The maximum absolute atomic E-state index is 11.7. The van der Waals surface area contributed by atoms with Crippen LogP contribution in [-0.2, 0) is 0 Å². The molecule has 0 spiro atoms. The molecule has 0 bridgehead atoms. The largest absolute Gasteiger partial charge is 0.872 e. The lowest BCUT2D eigenvalue weighted by molar-refractivity contribution is -0.268. The number of aromatic hydroxyl groups is 3. The highest BCUT2D eigenvalue weighted by molar-refractivity contribution is 5.81. The summed E-state index contributed by atoms with van der Waals surface area (Å²) < 4.78 is 5.90. The molecule has 63 heavy (non-hydrogen) atoms. The zero-order valence-electron chi connectivity index (χ0n) is 34.8. The van der Waals surface area contributed by atoms with Gasteiger partial charge in [-0.05, 0) is 81.9 Å². The van der Waals surface area contributed by atoms with Gasteiger partial charge in [-0.2, -0.15) is 4.48 Å². The molecule has 1 unspecified atom stereocenters. The first-order valence-corrected chi connectivity index (χ1v) is 20.8. The predicted octanol–water partition coefficient (Wildman–Crippen LogP) is 13.2. The van der Waals surface area contributed by atoms with Crippen LogP contribution in [0.5, 0.6) is 28.7 Å². The molecule has 6 nitrogen and oxygen atoms in total. The number of phenolic OH excluding ortho intramolecular Hbond substituents is 3. The molecular formula is C57H47NO5. The van der Waals surface area contributed by atoms with E-state index in [4.69, 9.17) is 4.74 Å². The minimum absolute atomic E-state index is 0.0378. The van der Waals surface area contributed by atoms with Crippen molar-refractivity contribution in [3.63, 3.8) is 0 Å². The van der Waals surface area contributed by atoms with Crippen LogP contribution in [0.3, 0.4) is 0 Å². The van der Waals surface area contributed by atoms with E-state index in [2.05, 4.69) is 127 Å². The average molecular weight is 826 g/mol. The van der Waals surface area contributed by atoms with Crippen LogP contribution in [0.1, 0.15) is 45.2 Å². The number of phenols is 3. The van der Waals surface area contributed by atoms with E-state index in [1.165, 1.54) is 17.1 Å². The van der Waals surface area contributed by atoms with Gasteiger partial charge in [-0.3, -0.25) is 0 Å². The van der Waals surface area contributed by atoms with Gasteiger partial charge in [0.1, 0.15) is 45.7 Å². The van der Waals surface area contributed by atoms with Gasteiger partial charge in [0.25, 0.3) is 0 Å². The maximum Gasteiger partial charge on any atom is 0.148 e. The van der Waals surface area contributed by atoms with Crippen LogP contribution in [0.25, 0.3) is 0 Å². The quantitative estimate of drug-likeness (QED) is 0.0892. The van der Waals surface area contributed by atoms with Crippen molar-refractivity contribution in [3.05, 3.63) is 270 Å². The highest BCUT2D eigenvalue weighted by Gasteiger charge is 2.39. The number of nitrogens with zero attached hydrogens (tertiary/aromatic N) is 1. The zero-order chi connectivity index (χ0) is 43.6. The molecule has 0 saturated carbocycles. The number of rotatable bonds is 11. The molecule has 0 heterocycles. The van der Waals surface area contributed by atoms with E-state index in [0.29, 0.717) is 4.48 Å². The highest BCUT2D eigenvalue weighted by atomic mass is 16.5. The van der Waals surface area contributed by atoms with Crippen LogP contribution in [-0.4, -0.2) is 22.4 Å². The fourth-order valence-electron chi connectivity index (χ4n) is 8.35. The Balaban J connectivity index is 0.000000180. The summed E-state index contributed by atoms with van der Waals surface area (Å²) in [7, 11) is 1.70. The minimum Gasteiger partial charge on any atom is -0.872 e. The van der Waals surface area contributed by atoms with Gasteiger partial charge in [-0.15, -0.1) is 5.75 Å². The summed E-state index contributed by atoms with van der Waals surface area (Å²) in [5.74, 6) is 1.23. The third-order valence-corrected chi connectivity index (χ3v) is 11.4. The molecule has 310 valence electrons. The van der Waals surface area contributed by atoms with Crippen molar-refractivity contribution in [2.24, 2.45) is 0 Å². The summed E-state index contributed by atoms with van der Waals surface area (Å²) in [4.78, 5) is 0. The number of hydrogen-bond donors (Lipinski definition) is 3. The van der Waals surface area contributed by atoms with E-state index >= 15 is 0 Å². The van der Waals surface area contributed by atoms with E-state index in [1.54, 1.807) is 55.6 Å². The average Bonchev–Trinajstić information content (AvgIpc) is 3.34. The third kappa shape index (κ3) is 9.17. The fourth-order valence-corrected chi connectivity index (χ4v) is 8.35. The normalized spacial score (nSPS) is 11.6. The van der Waals surface area contributed by atoms with Crippen molar-refractivity contribution in [2.45, 2.75) is 11.8 Å². The van der Waals surface area contributed by atoms with Crippen molar-refractivity contribution < 1.29 is 25.2 Å². The van der Waals surface area contributed by atoms with Crippen LogP contribution >= 0.6 is 0 Å². The van der Waals surface area contributed by atoms with Crippen molar-refractivity contribution in [1.29, 1.82) is 0 Å². The summed E-state index contributed by atoms with van der Waals surface area (Å²) in [6.07, 6.45) is 0. The first-order chi connectivity index (χ1) is 30.8. The number of benzene rings is 9. The second-order valence-electron chi connectivity index (χ2n) is 15.3. The van der Waals surface area contributed by atoms with Crippen LogP contribution in [0.2, 0.25) is 0 Å². The smallest absolute Gasteiger partial charge is 0.148 e. The Hall–Kier alpha value is -8.06. The summed E-state index contributed by atoms with van der Waals surface area (Å²) in [6, 6.07) is 76.9. The fraction of sp³-hybridized carbons (Fsp3) is 0.0526. The summed E-state index contributed by atoms with van der Waals surface area (Å²) in [5.41, 5.74) is 10.8. The van der Waals surface area contributed by atoms with E-state index in [9.17, 15) is 20.4 Å². The SMILES string of the molecule is COc1ccc([N+](c2ccccc2)(c2ccccc2)c2ccccc2)cc1.[O-]c1ccc(C(c2ccc(O)cc2)c2ccc(C(c3ccc(O)cc3)c3ccc(O)cc3)cc2)cc1. The second-order valence-corrected chi connectivity index (χ2v) is 15.3. The van der Waals surface area contributed by atoms with Crippen LogP contribution in [0, 0.1) is 0 Å². The van der Waals surface area contributed by atoms with Gasteiger partial charge < -0.3 is 25.2 Å². The zero-order valence-corrected chi connectivity index (χ0v) is 34.8. The second kappa shape index (κ2) is 19.1. The number of quaternary nitrogens is 1. The van der Waals surface area contributed by atoms with Gasteiger partial charge >= 0.3 is 0 Å². The molecule has 9 aromatic rings. The minimum atomic E-state index is -0.110.